The van der Waals surface area contributed by atoms with E-state index in [9.17, 15) is 13.5 Å². The summed E-state index contributed by atoms with van der Waals surface area (Å²) >= 11 is 0. The first kappa shape index (κ1) is 15.6. The molecule has 0 aliphatic carbocycles. The lowest BCUT2D eigenvalue weighted by Crippen LogP contribution is -2.33. The maximum Gasteiger partial charge on any atom is 0.214 e. The van der Waals surface area contributed by atoms with Gasteiger partial charge in [0.15, 0.2) is 11.5 Å². The minimum absolute atomic E-state index is 0.139. The normalized spacial score (nSPS) is 22.5. The van der Waals surface area contributed by atoms with Gasteiger partial charge in [-0.15, -0.1) is 0 Å². The van der Waals surface area contributed by atoms with Crippen molar-refractivity contribution in [3.05, 3.63) is 18.1 Å². The van der Waals surface area contributed by atoms with Crippen LogP contribution in [-0.4, -0.2) is 66.8 Å². The summed E-state index contributed by atoms with van der Waals surface area (Å²) in [7, 11) is -0.464. The predicted octanol–water partition coefficient (Wildman–Crippen LogP) is -0.963. The van der Waals surface area contributed by atoms with E-state index in [-0.39, 0.29) is 18.0 Å². The maximum atomic E-state index is 11.9. The molecule has 1 N–H and O–H groups in total. The van der Waals surface area contributed by atoms with Gasteiger partial charge in [0.05, 0.1) is 11.9 Å². The number of aliphatic hydroxyl groups is 1. The van der Waals surface area contributed by atoms with Crippen LogP contribution in [0.15, 0.2) is 12.4 Å². The summed E-state index contributed by atoms with van der Waals surface area (Å²) in [4.78, 5) is 9.72. The molecule has 2 atom stereocenters. The first-order chi connectivity index (χ1) is 9.85. The third-order valence-electron chi connectivity index (χ3n) is 3.47. The van der Waals surface area contributed by atoms with Crippen LogP contribution in [0.1, 0.15) is 5.69 Å². The molecule has 0 unspecified atom stereocenters. The van der Waals surface area contributed by atoms with Crippen LogP contribution in [-0.2, 0) is 10.0 Å². The van der Waals surface area contributed by atoms with Crippen molar-refractivity contribution in [2.45, 2.75) is 6.10 Å². The van der Waals surface area contributed by atoms with E-state index >= 15 is 0 Å². The average Bonchev–Trinajstić information content (AvgIpc) is 2.79. The van der Waals surface area contributed by atoms with E-state index in [1.54, 1.807) is 4.90 Å². The molecule has 0 aromatic carbocycles. The molecular weight excluding hydrogens is 294 g/mol. The van der Waals surface area contributed by atoms with Crippen LogP contribution in [0.5, 0.6) is 0 Å². The first-order valence-electron chi connectivity index (χ1n) is 6.39. The first-order valence-corrected chi connectivity index (χ1v) is 8.00. The van der Waals surface area contributed by atoms with Crippen molar-refractivity contribution in [3.63, 3.8) is 0 Å². The van der Waals surface area contributed by atoms with Gasteiger partial charge in [0.25, 0.3) is 0 Å². The third kappa shape index (κ3) is 3.29. The van der Waals surface area contributed by atoms with Gasteiger partial charge in [0, 0.05) is 45.5 Å². The minimum Gasteiger partial charge on any atom is -0.391 e. The molecule has 9 heteroatoms. The molecule has 0 amide bonds. The van der Waals surface area contributed by atoms with Gasteiger partial charge in [0.2, 0.25) is 10.0 Å². The van der Waals surface area contributed by atoms with E-state index in [4.69, 9.17) is 5.26 Å². The molecule has 114 valence electrons. The van der Waals surface area contributed by atoms with Crippen molar-refractivity contribution in [3.8, 4) is 6.07 Å². The lowest BCUT2D eigenvalue weighted by Gasteiger charge is -2.18. The van der Waals surface area contributed by atoms with E-state index in [1.807, 2.05) is 6.07 Å². The van der Waals surface area contributed by atoms with Gasteiger partial charge in [-0.1, -0.05) is 0 Å². The predicted molar refractivity (Wildman–Crippen MR) is 75.9 cm³/mol. The second-order valence-corrected chi connectivity index (χ2v) is 7.36. The molecule has 2 heterocycles. The zero-order chi connectivity index (χ0) is 15.6. The number of nitrogens with zero attached hydrogens (tertiary/aromatic N) is 5. The highest BCUT2D eigenvalue weighted by molar-refractivity contribution is 7.89. The van der Waals surface area contributed by atoms with Crippen LogP contribution >= 0.6 is 0 Å². The fourth-order valence-electron chi connectivity index (χ4n) is 2.25. The van der Waals surface area contributed by atoms with E-state index in [0.29, 0.717) is 12.4 Å². The Bertz CT molecular complexity index is 655. The number of aliphatic hydroxyl groups excluding tert-OH is 1. The molecule has 1 aromatic heterocycles. The third-order valence-corrected chi connectivity index (χ3v) is 5.43. The molecule has 0 saturated carbocycles. The SMILES string of the molecule is CN(C)S(=O)(=O)C[C@@H]1CN(c2nccnc2C#N)C[C@@H]1O. The van der Waals surface area contributed by atoms with Crippen LogP contribution in [0.4, 0.5) is 5.82 Å². The lowest BCUT2D eigenvalue weighted by molar-refractivity contribution is 0.157. The summed E-state index contributed by atoms with van der Waals surface area (Å²) < 4.78 is 25.0. The van der Waals surface area contributed by atoms with E-state index in [1.165, 1.54) is 26.5 Å². The fraction of sp³-hybridized carbons (Fsp3) is 0.583. The van der Waals surface area contributed by atoms with E-state index in [2.05, 4.69) is 9.97 Å². The molecular formula is C12H17N5O3S. The van der Waals surface area contributed by atoms with Gasteiger partial charge in [0.1, 0.15) is 6.07 Å². The number of aromatic nitrogens is 2. The molecule has 1 saturated heterocycles. The minimum atomic E-state index is -3.39. The maximum absolute atomic E-state index is 11.9. The Kier molecular flexibility index (Phi) is 4.41. The second kappa shape index (κ2) is 5.93. The van der Waals surface area contributed by atoms with Crippen molar-refractivity contribution >= 4 is 15.8 Å². The molecule has 21 heavy (non-hydrogen) atoms. The van der Waals surface area contributed by atoms with Crippen LogP contribution in [0, 0.1) is 17.2 Å². The van der Waals surface area contributed by atoms with Gasteiger partial charge in [-0.3, -0.25) is 0 Å². The number of hydrogen-bond donors (Lipinski definition) is 1. The Morgan fingerprint density at radius 2 is 2.10 bits per heavy atom. The highest BCUT2D eigenvalue weighted by atomic mass is 32.2. The molecule has 0 radical (unpaired) electrons. The van der Waals surface area contributed by atoms with Crippen molar-refractivity contribution in [1.82, 2.24) is 14.3 Å². The van der Waals surface area contributed by atoms with E-state index < -0.39 is 22.0 Å². The molecule has 1 aromatic rings. The van der Waals surface area contributed by atoms with Crippen molar-refractivity contribution in [1.29, 1.82) is 5.26 Å². The smallest absolute Gasteiger partial charge is 0.214 e. The molecule has 8 nitrogen and oxygen atoms in total. The zero-order valence-corrected chi connectivity index (χ0v) is 12.7. The molecule has 0 spiro atoms. The Morgan fingerprint density at radius 1 is 1.43 bits per heavy atom. The average molecular weight is 311 g/mol. The van der Waals surface area contributed by atoms with Crippen molar-refractivity contribution in [2.24, 2.45) is 5.92 Å². The largest absolute Gasteiger partial charge is 0.391 e. The number of rotatable bonds is 4. The number of nitriles is 1. The van der Waals surface area contributed by atoms with Crippen molar-refractivity contribution in [2.75, 3.05) is 37.8 Å². The monoisotopic (exact) mass is 311 g/mol. The second-order valence-electron chi connectivity index (χ2n) is 5.13. The summed E-state index contributed by atoms with van der Waals surface area (Å²) in [5, 5.41) is 19.1. The van der Waals surface area contributed by atoms with Crippen LogP contribution < -0.4 is 4.90 Å². The van der Waals surface area contributed by atoms with E-state index in [0.717, 1.165) is 4.31 Å². The topological polar surface area (TPSA) is 110 Å². The number of hydrogen-bond acceptors (Lipinski definition) is 7. The van der Waals surface area contributed by atoms with Gasteiger partial charge >= 0.3 is 0 Å². The number of sulfonamides is 1. The van der Waals surface area contributed by atoms with Crippen LogP contribution in [0.3, 0.4) is 0 Å². The Balaban J connectivity index is 2.17. The number of β-amino-alcohol motifs (C(OH)–C–C–N with tert-alkyl or cyclic N) is 1. The Hall–Kier alpha value is -1.76. The Labute approximate surface area is 123 Å². The van der Waals surface area contributed by atoms with Crippen molar-refractivity contribution < 1.29 is 13.5 Å². The number of anilines is 1. The molecule has 1 aliphatic heterocycles. The summed E-state index contributed by atoms with van der Waals surface area (Å²) in [5.74, 6) is -0.186. The molecule has 0 bridgehead atoms. The fourth-order valence-corrected chi connectivity index (χ4v) is 3.42. The van der Waals surface area contributed by atoms with Gasteiger partial charge < -0.3 is 10.0 Å². The summed E-state index contributed by atoms with van der Waals surface area (Å²) in [6.07, 6.45) is 2.10. The zero-order valence-electron chi connectivity index (χ0n) is 11.8. The highest BCUT2D eigenvalue weighted by Crippen LogP contribution is 2.25. The molecule has 1 fully saturated rings. The van der Waals surface area contributed by atoms with Gasteiger partial charge in [-0.2, -0.15) is 5.26 Å². The van der Waals surface area contributed by atoms with Crippen LogP contribution in [0.2, 0.25) is 0 Å². The molecule has 1 aliphatic rings. The Morgan fingerprint density at radius 3 is 2.71 bits per heavy atom. The molecule has 2 rings (SSSR count). The van der Waals surface area contributed by atoms with Gasteiger partial charge in [-0.25, -0.2) is 22.7 Å². The van der Waals surface area contributed by atoms with Gasteiger partial charge in [-0.05, 0) is 0 Å². The summed E-state index contributed by atoms with van der Waals surface area (Å²) in [5.41, 5.74) is 0.167. The van der Waals surface area contributed by atoms with Crippen LogP contribution in [0.25, 0.3) is 0 Å². The highest BCUT2D eigenvalue weighted by Gasteiger charge is 2.36. The quantitative estimate of drug-likeness (QED) is 0.762. The summed E-state index contributed by atoms with van der Waals surface area (Å²) in [6, 6.07) is 1.95. The summed E-state index contributed by atoms with van der Waals surface area (Å²) in [6.45, 7) is 0.558. The standard InChI is InChI=1S/C12H17N5O3S/c1-16(2)21(19,20)8-9-6-17(7-11(9)18)12-10(5-13)14-3-4-15-12/h3-4,9,11,18H,6-8H2,1-2H3/t9-,11-/m0/s1. The lowest BCUT2D eigenvalue weighted by atomic mass is 10.1.